The molecular weight excluding hydrogens is 260 g/mol. The van der Waals surface area contributed by atoms with Crippen LogP contribution in [0.5, 0.6) is 5.75 Å². The van der Waals surface area contributed by atoms with Crippen LogP contribution in [0, 0.1) is 0 Å². The number of phenols is 1. The Morgan fingerprint density at radius 2 is 2.17 bits per heavy atom. The van der Waals surface area contributed by atoms with Crippen molar-refractivity contribution in [3.63, 3.8) is 0 Å². The minimum absolute atomic E-state index is 0.268. The number of thiophene rings is 1. The number of hydrogen-bond donors (Lipinski definition) is 1. The minimum Gasteiger partial charge on any atom is -0.505 e. The maximum absolute atomic E-state index is 9.58. The molecule has 1 N–H and O–H groups in total. The summed E-state index contributed by atoms with van der Waals surface area (Å²) < 4.78 is 1.53. The second-order valence-corrected chi connectivity index (χ2v) is 4.50. The summed E-state index contributed by atoms with van der Waals surface area (Å²) in [5.74, 6) is 0.268. The molecule has 0 unspecified atom stereocenters. The molecule has 1 aromatic carbocycles. The van der Waals surface area contributed by atoms with Crippen LogP contribution in [-0.2, 0) is 0 Å². The number of benzene rings is 1. The summed E-state index contributed by atoms with van der Waals surface area (Å²) in [6, 6.07) is 3.67. The van der Waals surface area contributed by atoms with E-state index in [9.17, 15) is 5.11 Å². The second kappa shape index (κ2) is 2.91. The fraction of sp³-hybridized carbons (Fsp3) is 0. The predicted molar refractivity (Wildman–Crippen MR) is 56.2 cm³/mol. The summed E-state index contributed by atoms with van der Waals surface area (Å²) in [5, 5.41) is 13.0. The molecule has 2 aromatic rings. The van der Waals surface area contributed by atoms with E-state index < -0.39 is 0 Å². The van der Waals surface area contributed by atoms with Gasteiger partial charge in [0.15, 0.2) is 0 Å². The molecule has 0 spiro atoms. The van der Waals surface area contributed by atoms with Crippen molar-refractivity contribution in [2.45, 2.75) is 0 Å². The highest BCUT2D eigenvalue weighted by Gasteiger charge is 2.08. The van der Waals surface area contributed by atoms with Crippen LogP contribution in [0.2, 0.25) is 5.02 Å². The fourth-order valence-corrected chi connectivity index (χ4v) is 2.71. The van der Waals surface area contributed by atoms with Gasteiger partial charge in [-0.15, -0.1) is 11.3 Å². The average molecular weight is 264 g/mol. The lowest BCUT2D eigenvalue weighted by atomic mass is 10.2. The first-order valence-electron chi connectivity index (χ1n) is 3.24. The molecule has 0 aliphatic heterocycles. The molecular formula is C8H4BrClOS. The Hall–Kier alpha value is -0.250. The molecule has 0 bridgehead atoms. The van der Waals surface area contributed by atoms with Gasteiger partial charge in [0.25, 0.3) is 0 Å². The third kappa shape index (κ3) is 1.13. The van der Waals surface area contributed by atoms with E-state index in [2.05, 4.69) is 15.9 Å². The number of halogens is 2. The van der Waals surface area contributed by atoms with Gasteiger partial charge in [-0.1, -0.05) is 17.7 Å². The Morgan fingerprint density at radius 1 is 1.42 bits per heavy atom. The van der Waals surface area contributed by atoms with Crippen LogP contribution in [-0.4, -0.2) is 5.11 Å². The van der Waals surface area contributed by atoms with E-state index >= 15 is 0 Å². The Kier molecular flexibility index (Phi) is 2.02. The Morgan fingerprint density at radius 3 is 2.92 bits per heavy atom. The van der Waals surface area contributed by atoms with E-state index in [-0.39, 0.29) is 5.75 Å². The topological polar surface area (TPSA) is 20.2 Å². The van der Waals surface area contributed by atoms with Crippen LogP contribution in [0.4, 0.5) is 0 Å². The SMILES string of the molecule is Oc1c(Br)ccc2c(Cl)csc12. The highest BCUT2D eigenvalue weighted by atomic mass is 79.9. The molecule has 0 amide bonds. The molecule has 0 saturated heterocycles. The number of fused-ring (bicyclic) bond motifs is 1. The van der Waals surface area contributed by atoms with Crippen molar-refractivity contribution in [3.05, 3.63) is 27.0 Å². The zero-order valence-electron chi connectivity index (χ0n) is 5.84. The highest BCUT2D eigenvalue weighted by Crippen LogP contribution is 2.39. The molecule has 0 aliphatic rings. The lowest BCUT2D eigenvalue weighted by Crippen LogP contribution is -1.68. The van der Waals surface area contributed by atoms with Crippen LogP contribution >= 0.6 is 38.9 Å². The predicted octanol–water partition coefficient (Wildman–Crippen LogP) is 4.02. The van der Waals surface area contributed by atoms with Crippen molar-refractivity contribution in [1.29, 1.82) is 0 Å². The zero-order chi connectivity index (χ0) is 8.72. The first kappa shape index (κ1) is 8.35. The molecule has 2 rings (SSSR count). The molecule has 0 saturated carbocycles. The quantitative estimate of drug-likeness (QED) is 0.761. The minimum atomic E-state index is 0.268. The molecule has 12 heavy (non-hydrogen) atoms. The molecule has 0 atom stereocenters. The molecule has 1 aromatic heterocycles. The van der Waals surface area contributed by atoms with Crippen molar-refractivity contribution in [3.8, 4) is 5.75 Å². The van der Waals surface area contributed by atoms with Crippen molar-refractivity contribution >= 4 is 49.0 Å². The summed E-state index contributed by atoms with van der Waals surface area (Å²) >= 11 is 10.6. The van der Waals surface area contributed by atoms with Crippen LogP contribution in [0.1, 0.15) is 0 Å². The monoisotopic (exact) mass is 262 g/mol. The van der Waals surface area contributed by atoms with Crippen molar-refractivity contribution < 1.29 is 5.11 Å². The van der Waals surface area contributed by atoms with E-state index in [1.807, 2.05) is 11.4 Å². The molecule has 0 fully saturated rings. The van der Waals surface area contributed by atoms with Gasteiger partial charge in [-0.25, -0.2) is 0 Å². The summed E-state index contributed by atoms with van der Waals surface area (Å²) in [6.45, 7) is 0. The van der Waals surface area contributed by atoms with Gasteiger partial charge in [-0.2, -0.15) is 0 Å². The molecule has 1 heterocycles. The molecule has 0 radical (unpaired) electrons. The van der Waals surface area contributed by atoms with E-state index in [0.29, 0.717) is 9.50 Å². The van der Waals surface area contributed by atoms with Gasteiger partial charge in [0.05, 0.1) is 14.2 Å². The first-order chi connectivity index (χ1) is 5.70. The maximum Gasteiger partial charge on any atom is 0.147 e. The van der Waals surface area contributed by atoms with Gasteiger partial charge in [-0.3, -0.25) is 0 Å². The smallest absolute Gasteiger partial charge is 0.147 e. The van der Waals surface area contributed by atoms with Crippen molar-refractivity contribution in [2.75, 3.05) is 0 Å². The number of aromatic hydroxyl groups is 1. The largest absolute Gasteiger partial charge is 0.505 e. The summed E-state index contributed by atoms with van der Waals surface area (Å²) in [5.41, 5.74) is 0. The summed E-state index contributed by atoms with van der Waals surface area (Å²) in [4.78, 5) is 0. The van der Waals surface area contributed by atoms with E-state index in [1.165, 1.54) is 11.3 Å². The van der Waals surface area contributed by atoms with Gasteiger partial charge < -0.3 is 5.11 Å². The normalized spacial score (nSPS) is 10.8. The van der Waals surface area contributed by atoms with Crippen molar-refractivity contribution in [2.24, 2.45) is 0 Å². The third-order valence-electron chi connectivity index (χ3n) is 1.62. The Labute approximate surface area is 86.7 Å². The van der Waals surface area contributed by atoms with E-state index in [1.54, 1.807) is 6.07 Å². The van der Waals surface area contributed by atoms with Crippen LogP contribution in [0.25, 0.3) is 10.1 Å². The molecule has 1 nitrogen and oxygen atoms in total. The lowest BCUT2D eigenvalue weighted by molar-refractivity contribution is 0.479. The summed E-state index contributed by atoms with van der Waals surface area (Å²) in [6.07, 6.45) is 0. The number of hydrogen-bond acceptors (Lipinski definition) is 2. The number of phenolic OH excluding ortho intramolecular Hbond substituents is 1. The lowest BCUT2D eigenvalue weighted by Gasteiger charge is -1.96. The molecule has 62 valence electrons. The maximum atomic E-state index is 9.58. The average Bonchev–Trinajstić information content (AvgIpc) is 2.41. The first-order valence-corrected chi connectivity index (χ1v) is 5.29. The van der Waals surface area contributed by atoms with Gasteiger partial charge in [-0.05, 0) is 22.0 Å². The summed E-state index contributed by atoms with van der Waals surface area (Å²) in [7, 11) is 0. The third-order valence-corrected chi connectivity index (χ3v) is 3.70. The van der Waals surface area contributed by atoms with Gasteiger partial charge >= 0.3 is 0 Å². The zero-order valence-corrected chi connectivity index (χ0v) is 9.00. The highest BCUT2D eigenvalue weighted by molar-refractivity contribution is 9.10. The Balaban J connectivity index is 2.93. The van der Waals surface area contributed by atoms with Gasteiger partial charge in [0, 0.05) is 10.8 Å². The Bertz CT molecular complexity index is 438. The van der Waals surface area contributed by atoms with E-state index in [0.717, 1.165) is 10.1 Å². The molecule has 0 aliphatic carbocycles. The van der Waals surface area contributed by atoms with Crippen LogP contribution in [0.15, 0.2) is 22.0 Å². The van der Waals surface area contributed by atoms with Crippen LogP contribution < -0.4 is 0 Å². The van der Waals surface area contributed by atoms with Gasteiger partial charge in [0.2, 0.25) is 0 Å². The standard InChI is InChI=1S/C8H4BrClOS/c9-5-2-1-4-6(10)3-12-8(4)7(5)11/h1-3,11H. The van der Waals surface area contributed by atoms with Crippen LogP contribution in [0.3, 0.4) is 0 Å². The number of rotatable bonds is 0. The molecule has 4 heteroatoms. The van der Waals surface area contributed by atoms with E-state index in [4.69, 9.17) is 11.6 Å². The van der Waals surface area contributed by atoms with Crippen molar-refractivity contribution in [1.82, 2.24) is 0 Å². The fourth-order valence-electron chi connectivity index (χ4n) is 1.03. The van der Waals surface area contributed by atoms with Gasteiger partial charge in [0.1, 0.15) is 5.75 Å². The second-order valence-electron chi connectivity index (χ2n) is 2.36.